The maximum absolute atomic E-state index is 10.6. The van der Waals surface area contributed by atoms with Crippen molar-refractivity contribution in [2.45, 2.75) is 13.3 Å². The Balaban J connectivity index is 2.16. The van der Waals surface area contributed by atoms with Gasteiger partial charge in [0.1, 0.15) is 5.78 Å². The first-order valence-electron chi connectivity index (χ1n) is 4.13. The molecule has 0 saturated carbocycles. The third-order valence-corrected chi connectivity index (χ3v) is 2.84. The molecule has 0 aliphatic heterocycles. The molecule has 0 unspecified atom stereocenters. The van der Waals surface area contributed by atoms with Crippen LogP contribution >= 0.6 is 22.9 Å². The van der Waals surface area contributed by atoms with Crippen LogP contribution in [-0.4, -0.2) is 18.9 Å². The van der Waals surface area contributed by atoms with Gasteiger partial charge in [-0.2, -0.15) is 0 Å². The van der Waals surface area contributed by atoms with Crippen molar-refractivity contribution in [3.63, 3.8) is 0 Å². The highest BCUT2D eigenvalue weighted by Gasteiger charge is 1.97. The van der Waals surface area contributed by atoms with E-state index in [1.54, 1.807) is 18.3 Å². The average molecular weight is 218 g/mol. The van der Waals surface area contributed by atoms with Gasteiger partial charge in [-0.1, -0.05) is 11.6 Å². The summed E-state index contributed by atoms with van der Waals surface area (Å²) >= 11 is 7.35. The SMILES string of the molecule is CC(=O)CNCCc1ccc(Cl)s1. The minimum Gasteiger partial charge on any atom is -0.310 e. The summed E-state index contributed by atoms with van der Waals surface area (Å²) in [4.78, 5) is 11.8. The van der Waals surface area contributed by atoms with E-state index < -0.39 is 0 Å². The molecule has 0 aromatic carbocycles. The van der Waals surface area contributed by atoms with Gasteiger partial charge in [0.15, 0.2) is 0 Å². The number of hydrogen-bond donors (Lipinski definition) is 1. The molecule has 2 nitrogen and oxygen atoms in total. The fraction of sp³-hybridized carbons (Fsp3) is 0.444. The number of nitrogens with one attached hydrogen (secondary N) is 1. The molecular weight excluding hydrogens is 206 g/mol. The molecule has 1 rings (SSSR count). The highest BCUT2D eigenvalue weighted by Crippen LogP contribution is 2.21. The molecule has 0 radical (unpaired) electrons. The van der Waals surface area contributed by atoms with E-state index in [-0.39, 0.29) is 5.78 Å². The molecule has 0 fully saturated rings. The van der Waals surface area contributed by atoms with E-state index in [0.29, 0.717) is 6.54 Å². The first-order valence-corrected chi connectivity index (χ1v) is 5.32. The van der Waals surface area contributed by atoms with Gasteiger partial charge in [-0.25, -0.2) is 0 Å². The largest absolute Gasteiger partial charge is 0.310 e. The van der Waals surface area contributed by atoms with E-state index in [1.807, 2.05) is 12.1 Å². The van der Waals surface area contributed by atoms with Crippen LogP contribution in [0.2, 0.25) is 4.34 Å². The fourth-order valence-corrected chi connectivity index (χ4v) is 2.05. The molecule has 0 amide bonds. The Morgan fingerprint density at radius 1 is 1.62 bits per heavy atom. The molecule has 1 aromatic heterocycles. The highest BCUT2D eigenvalue weighted by atomic mass is 35.5. The topological polar surface area (TPSA) is 29.1 Å². The molecule has 0 bridgehead atoms. The van der Waals surface area contributed by atoms with Crippen molar-refractivity contribution in [2.75, 3.05) is 13.1 Å². The smallest absolute Gasteiger partial charge is 0.143 e. The monoisotopic (exact) mass is 217 g/mol. The summed E-state index contributed by atoms with van der Waals surface area (Å²) in [6, 6.07) is 3.91. The average Bonchev–Trinajstić information content (AvgIpc) is 2.45. The Bertz CT molecular complexity index is 285. The number of ketones is 1. The Kier molecular flexibility index (Phi) is 4.42. The molecule has 0 aliphatic carbocycles. The van der Waals surface area contributed by atoms with Crippen molar-refractivity contribution in [1.82, 2.24) is 5.32 Å². The van der Waals surface area contributed by atoms with Gasteiger partial charge in [0.2, 0.25) is 0 Å². The van der Waals surface area contributed by atoms with Crippen molar-refractivity contribution >= 4 is 28.7 Å². The summed E-state index contributed by atoms with van der Waals surface area (Å²) < 4.78 is 0.821. The van der Waals surface area contributed by atoms with Crippen LogP contribution in [0.1, 0.15) is 11.8 Å². The molecule has 13 heavy (non-hydrogen) atoms. The molecule has 72 valence electrons. The lowest BCUT2D eigenvalue weighted by Gasteiger charge is -1.99. The second-order valence-corrected chi connectivity index (χ2v) is 4.63. The Morgan fingerprint density at radius 2 is 2.38 bits per heavy atom. The summed E-state index contributed by atoms with van der Waals surface area (Å²) in [7, 11) is 0. The number of thiophene rings is 1. The van der Waals surface area contributed by atoms with E-state index in [2.05, 4.69) is 5.32 Å². The Hall–Kier alpha value is -0.380. The number of halogens is 1. The molecule has 4 heteroatoms. The molecule has 0 aliphatic rings. The predicted octanol–water partition coefficient (Wildman–Crippen LogP) is 2.12. The summed E-state index contributed by atoms with van der Waals surface area (Å²) in [5, 5.41) is 3.06. The van der Waals surface area contributed by atoms with E-state index in [4.69, 9.17) is 11.6 Å². The van der Waals surface area contributed by atoms with Crippen molar-refractivity contribution in [3.05, 3.63) is 21.3 Å². The van der Waals surface area contributed by atoms with Crippen LogP contribution < -0.4 is 5.32 Å². The molecule has 1 N–H and O–H groups in total. The predicted molar refractivity (Wildman–Crippen MR) is 56.6 cm³/mol. The van der Waals surface area contributed by atoms with Gasteiger partial charge in [-0.15, -0.1) is 11.3 Å². The molecular formula is C9H12ClNOS. The number of rotatable bonds is 5. The lowest BCUT2D eigenvalue weighted by atomic mass is 10.3. The van der Waals surface area contributed by atoms with Crippen molar-refractivity contribution < 1.29 is 4.79 Å². The number of carbonyl (C=O) groups excluding carboxylic acids is 1. The normalized spacial score (nSPS) is 10.3. The van der Waals surface area contributed by atoms with Gasteiger partial charge in [0, 0.05) is 11.4 Å². The Labute approximate surface area is 86.9 Å². The second-order valence-electron chi connectivity index (χ2n) is 2.83. The number of hydrogen-bond acceptors (Lipinski definition) is 3. The maximum Gasteiger partial charge on any atom is 0.143 e. The number of Topliss-reactive ketones (excluding diaryl/α,β-unsaturated/α-hetero) is 1. The van der Waals surface area contributed by atoms with Gasteiger partial charge in [0.05, 0.1) is 10.9 Å². The summed E-state index contributed by atoms with van der Waals surface area (Å²) in [6.45, 7) is 2.87. The lowest BCUT2D eigenvalue weighted by molar-refractivity contribution is -0.116. The van der Waals surface area contributed by atoms with Crippen LogP contribution in [0.4, 0.5) is 0 Å². The van der Waals surface area contributed by atoms with Crippen LogP contribution in [0, 0.1) is 0 Å². The quantitative estimate of drug-likeness (QED) is 0.766. The summed E-state index contributed by atoms with van der Waals surface area (Å²) in [6.07, 6.45) is 0.935. The standard InChI is InChI=1S/C9H12ClNOS/c1-7(12)6-11-5-4-8-2-3-9(10)13-8/h2-3,11H,4-6H2,1H3. The lowest BCUT2D eigenvalue weighted by Crippen LogP contribution is -2.22. The van der Waals surface area contributed by atoms with Crippen LogP contribution in [-0.2, 0) is 11.2 Å². The highest BCUT2D eigenvalue weighted by molar-refractivity contribution is 7.16. The van der Waals surface area contributed by atoms with Crippen LogP contribution in [0.5, 0.6) is 0 Å². The summed E-state index contributed by atoms with van der Waals surface area (Å²) in [5.74, 6) is 0.171. The molecule has 0 saturated heterocycles. The summed E-state index contributed by atoms with van der Waals surface area (Å²) in [5.41, 5.74) is 0. The zero-order valence-corrected chi connectivity index (χ0v) is 9.04. The van der Waals surface area contributed by atoms with E-state index >= 15 is 0 Å². The van der Waals surface area contributed by atoms with Crippen molar-refractivity contribution in [2.24, 2.45) is 0 Å². The minimum absolute atomic E-state index is 0.171. The second kappa shape index (κ2) is 5.37. The third-order valence-electron chi connectivity index (χ3n) is 1.55. The fourth-order valence-electron chi connectivity index (χ4n) is 0.962. The van der Waals surface area contributed by atoms with Crippen molar-refractivity contribution in [3.8, 4) is 0 Å². The van der Waals surface area contributed by atoms with Gasteiger partial charge >= 0.3 is 0 Å². The van der Waals surface area contributed by atoms with E-state index in [1.165, 1.54) is 4.88 Å². The van der Waals surface area contributed by atoms with Gasteiger partial charge in [-0.3, -0.25) is 4.79 Å². The van der Waals surface area contributed by atoms with Crippen LogP contribution in [0.3, 0.4) is 0 Å². The minimum atomic E-state index is 0.171. The van der Waals surface area contributed by atoms with Crippen LogP contribution in [0.25, 0.3) is 0 Å². The maximum atomic E-state index is 10.6. The molecule has 1 heterocycles. The van der Waals surface area contributed by atoms with E-state index in [9.17, 15) is 4.79 Å². The number of carbonyl (C=O) groups is 1. The van der Waals surface area contributed by atoms with Gasteiger partial charge in [0.25, 0.3) is 0 Å². The van der Waals surface area contributed by atoms with Gasteiger partial charge < -0.3 is 5.32 Å². The first-order chi connectivity index (χ1) is 6.18. The van der Waals surface area contributed by atoms with Crippen molar-refractivity contribution in [1.29, 1.82) is 0 Å². The molecule has 0 spiro atoms. The van der Waals surface area contributed by atoms with Crippen LogP contribution in [0.15, 0.2) is 12.1 Å². The zero-order chi connectivity index (χ0) is 9.68. The Morgan fingerprint density at radius 3 is 2.92 bits per heavy atom. The zero-order valence-electron chi connectivity index (χ0n) is 7.47. The first kappa shape index (κ1) is 10.7. The third kappa shape index (κ3) is 4.41. The molecule has 1 aromatic rings. The van der Waals surface area contributed by atoms with E-state index in [0.717, 1.165) is 17.3 Å². The molecule has 0 atom stereocenters. The van der Waals surface area contributed by atoms with Gasteiger partial charge in [-0.05, 0) is 25.5 Å².